The van der Waals surface area contributed by atoms with E-state index in [0.29, 0.717) is 63.1 Å². The van der Waals surface area contributed by atoms with Gasteiger partial charge in [-0.15, -0.1) is 0 Å². The van der Waals surface area contributed by atoms with E-state index in [0.717, 1.165) is 17.7 Å². The highest BCUT2D eigenvalue weighted by Crippen LogP contribution is 2.34. The predicted octanol–water partition coefficient (Wildman–Crippen LogP) is 2.23. The van der Waals surface area contributed by atoms with Crippen LogP contribution in [0.4, 0.5) is 4.39 Å². The molecular formula is C23H27FN2O5. The number of carbonyl (C=O) groups excluding carboxylic acids is 1. The van der Waals surface area contributed by atoms with Crippen LogP contribution in [0, 0.1) is 5.82 Å². The van der Waals surface area contributed by atoms with Crippen LogP contribution in [0.15, 0.2) is 36.4 Å². The van der Waals surface area contributed by atoms with Crippen molar-refractivity contribution in [2.45, 2.75) is 12.6 Å². The molecule has 0 radical (unpaired) electrons. The number of rotatable bonds is 7. The fourth-order valence-corrected chi connectivity index (χ4v) is 3.80. The predicted molar refractivity (Wildman–Crippen MR) is 113 cm³/mol. The number of hydrogen-bond donors (Lipinski definition) is 1. The monoisotopic (exact) mass is 430 g/mol. The second kappa shape index (κ2) is 10.1. The number of nitrogens with one attached hydrogen (secondary N) is 1. The second-order valence-electron chi connectivity index (χ2n) is 7.61. The molecule has 166 valence electrons. The molecule has 2 aromatic carbocycles. The molecule has 2 aromatic rings. The molecule has 0 aromatic heterocycles. The number of carbonyl (C=O) groups is 1. The number of methoxy groups -OCH3 is 1. The van der Waals surface area contributed by atoms with Gasteiger partial charge in [0.25, 0.3) is 0 Å². The fourth-order valence-electron chi connectivity index (χ4n) is 3.80. The van der Waals surface area contributed by atoms with Crippen molar-refractivity contribution in [3.63, 3.8) is 0 Å². The third kappa shape index (κ3) is 5.52. The number of amides is 1. The van der Waals surface area contributed by atoms with E-state index in [1.165, 1.54) is 12.1 Å². The highest BCUT2D eigenvalue weighted by Gasteiger charge is 2.20. The smallest absolute Gasteiger partial charge is 0.234 e. The Hall–Kier alpha value is -2.68. The van der Waals surface area contributed by atoms with Crippen molar-refractivity contribution >= 4 is 5.91 Å². The summed E-state index contributed by atoms with van der Waals surface area (Å²) in [5.41, 5.74) is 2.39. The number of benzene rings is 2. The summed E-state index contributed by atoms with van der Waals surface area (Å²) < 4.78 is 36.5. The molecule has 31 heavy (non-hydrogen) atoms. The molecule has 2 aliphatic rings. The van der Waals surface area contributed by atoms with E-state index in [2.05, 4.69) is 10.2 Å². The molecule has 8 heteroatoms. The van der Waals surface area contributed by atoms with Crippen LogP contribution in [0.5, 0.6) is 11.5 Å². The molecule has 0 spiro atoms. The van der Waals surface area contributed by atoms with Gasteiger partial charge in [-0.25, -0.2) is 4.39 Å². The molecular weight excluding hydrogens is 403 g/mol. The lowest BCUT2D eigenvalue weighted by molar-refractivity contribution is -0.124. The van der Waals surface area contributed by atoms with Gasteiger partial charge in [-0.2, -0.15) is 0 Å². The van der Waals surface area contributed by atoms with Crippen molar-refractivity contribution in [2.24, 2.45) is 0 Å². The van der Waals surface area contributed by atoms with Gasteiger partial charge in [-0.1, -0.05) is 6.07 Å². The van der Waals surface area contributed by atoms with Gasteiger partial charge in [-0.05, 0) is 35.9 Å². The molecule has 2 fully saturated rings. The third-order valence-electron chi connectivity index (χ3n) is 5.35. The van der Waals surface area contributed by atoms with Crippen LogP contribution in [0.2, 0.25) is 0 Å². The maximum Gasteiger partial charge on any atom is 0.234 e. The number of halogens is 1. The molecule has 2 saturated heterocycles. The molecule has 0 saturated carbocycles. The minimum atomic E-state index is -0.333. The van der Waals surface area contributed by atoms with E-state index in [-0.39, 0.29) is 17.8 Å². The Morgan fingerprint density at radius 3 is 2.84 bits per heavy atom. The highest BCUT2D eigenvalue weighted by molar-refractivity contribution is 5.78. The molecule has 1 N–H and O–H groups in total. The third-order valence-corrected chi connectivity index (χ3v) is 5.35. The van der Waals surface area contributed by atoms with Crippen molar-refractivity contribution in [3.8, 4) is 22.6 Å². The molecule has 1 atom stereocenters. The molecule has 1 amide bonds. The zero-order chi connectivity index (χ0) is 21.6. The Morgan fingerprint density at radius 1 is 1.19 bits per heavy atom. The van der Waals surface area contributed by atoms with E-state index >= 15 is 0 Å². The van der Waals surface area contributed by atoms with E-state index in [9.17, 15) is 9.18 Å². The summed E-state index contributed by atoms with van der Waals surface area (Å²) in [6.45, 7) is 4.25. The van der Waals surface area contributed by atoms with Gasteiger partial charge in [0.2, 0.25) is 5.91 Å². The summed E-state index contributed by atoms with van der Waals surface area (Å²) >= 11 is 0. The zero-order valence-electron chi connectivity index (χ0n) is 17.6. The lowest BCUT2D eigenvalue weighted by Crippen LogP contribution is -2.47. The summed E-state index contributed by atoms with van der Waals surface area (Å²) in [6.07, 6.45) is -0.120. The van der Waals surface area contributed by atoms with Gasteiger partial charge in [-0.3, -0.25) is 9.69 Å². The summed E-state index contributed by atoms with van der Waals surface area (Å²) in [7, 11) is 1.56. The van der Waals surface area contributed by atoms with Crippen LogP contribution in [0.3, 0.4) is 0 Å². The lowest BCUT2D eigenvalue weighted by atomic mass is 10.0. The summed E-state index contributed by atoms with van der Waals surface area (Å²) in [5, 5.41) is 2.84. The normalized spacial score (nSPS) is 19.7. The van der Waals surface area contributed by atoms with E-state index in [4.69, 9.17) is 18.9 Å². The Bertz CT molecular complexity index is 917. The summed E-state index contributed by atoms with van der Waals surface area (Å²) in [5.74, 6) is 0.967. The molecule has 0 aliphatic carbocycles. The van der Waals surface area contributed by atoms with Gasteiger partial charge in [0.05, 0.1) is 33.5 Å². The van der Waals surface area contributed by atoms with Crippen LogP contribution in [-0.4, -0.2) is 70.1 Å². The summed E-state index contributed by atoms with van der Waals surface area (Å²) in [6, 6.07) is 10.2. The fraction of sp³-hybridized carbons (Fsp3) is 0.435. The number of nitrogens with zero attached hydrogens (tertiary/aromatic N) is 1. The van der Waals surface area contributed by atoms with Crippen LogP contribution in [0.1, 0.15) is 5.56 Å². The Kier molecular flexibility index (Phi) is 7.01. The number of ether oxygens (including phenoxy) is 4. The highest BCUT2D eigenvalue weighted by atomic mass is 19.1. The van der Waals surface area contributed by atoms with Crippen LogP contribution < -0.4 is 14.8 Å². The first kappa shape index (κ1) is 21.5. The van der Waals surface area contributed by atoms with Crippen molar-refractivity contribution in [3.05, 3.63) is 47.8 Å². The van der Waals surface area contributed by atoms with Gasteiger partial charge >= 0.3 is 0 Å². The maximum atomic E-state index is 13.9. The number of piperazine rings is 1. The van der Waals surface area contributed by atoms with Gasteiger partial charge < -0.3 is 24.3 Å². The Morgan fingerprint density at radius 2 is 2.06 bits per heavy atom. The first-order valence-electron chi connectivity index (χ1n) is 10.4. The van der Waals surface area contributed by atoms with Crippen molar-refractivity contribution in [2.75, 3.05) is 53.2 Å². The van der Waals surface area contributed by atoms with E-state index in [1.54, 1.807) is 13.2 Å². The molecule has 2 heterocycles. The molecule has 4 rings (SSSR count). The summed E-state index contributed by atoms with van der Waals surface area (Å²) in [4.78, 5) is 13.9. The lowest BCUT2D eigenvalue weighted by Gasteiger charge is -2.28. The molecule has 1 unspecified atom stereocenters. The minimum Gasteiger partial charge on any atom is -0.496 e. The molecule has 0 bridgehead atoms. The molecule has 2 aliphatic heterocycles. The first-order valence-corrected chi connectivity index (χ1v) is 10.4. The quantitative estimate of drug-likeness (QED) is 0.727. The SMILES string of the molecule is COc1ccc(F)cc1-c1ccc(OCC2COCCO2)c(CN2CCNC(=O)C2)c1. The minimum absolute atomic E-state index is 0.00410. The standard InChI is InChI=1S/C23H27FN2O5/c1-28-22-5-3-18(24)11-20(22)16-2-4-21(31-15-19-14-29-8-9-30-19)17(10-16)12-26-7-6-25-23(27)13-26/h2-5,10-11,19H,6-9,12-15H2,1H3,(H,25,27). The zero-order valence-corrected chi connectivity index (χ0v) is 17.6. The van der Waals surface area contributed by atoms with E-state index < -0.39 is 0 Å². The molecule has 7 nitrogen and oxygen atoms in total. The second-order valence-corrected chi connectivity index (χ2v) is 7.61. The Labute approximate surface area is 181 Å². The van der Waals surface area contributed by atoms with Gasteiger partial charge in [0.1, 0.15) is 30.0 Å². The first-order chi connectivity index (χ1) is 15.1. The average Bonchev–Trinajstić information content (AvgIpc) is 2.79. The Balaban J connectivity index is 1.60. The average molecular weight is 430 g/mol. The largest absolute Gasteiger partial charge is 0.496 e. The topological polar surface area (TPSA) is 69.3 Å². The van der Waals surface area contributed by atoms with Crippen molar-refractivity contribution in [1.29, 1.82) is 0 Å². The van der Waals surface area contributed by atoms with Crippen molar-refractivity contribution < 1.29 is 28.1 Å². The van der Waals surface area contributed by atoms with Crippen LogP contribution in [0.25, 0.3) is 11.1 Å². The van der Waals surface area contributed by atoms with Gasteiger partial charge in [0, 0.05) is 30.8 Å². The number of hydrogen-bond acceptors (Lipinski definition) is 6. The van der Waals surface area contributed by atoms with Crippen molar-refractivity contribution in [1.82, 2.24) is 10.2 Å². The van der Waals surface area contributed by atoms with E-state index in [1.807, 2.05) is 18.2 Å². The van der Waals surface area contributed by atoms with Crippen LogP contribution in [-0.2, 0) is 20.8 Å². The van der Waals surface area contributed by atoms with Crippen LogP contribution >= 0.6 is 0 Å². The maximum absolute atomic E-state index is 13.9. The van der Waals surface area contributed by atoms with Gasteiger partial charge in [0.15, 0.2) is 0 Å².